The Morgan fingerprint density at radius 2 is 1.44 bits per heavy atom. The highest BCUT2D eigenvalue weighted by Crippen LogP contribution is 2.39. The van der Waals surface area contributed by atoms with Gasteiger partial charge in [-0.3, -0.25) is 24.6 Å². The molecule has 14 heteroatoms. The monoisotopic (exact) mass is 783 g/mol. The summed E-state index contributed by atoms with van der Waals surface area (Å²) in [5.41, 5.74) is 4.15. The second-order valence-corrected chi connectivity index (χ2v) is 16.0. The van der Waals surface area contributed by atoms with Crippen LogP contribution in [0, 0.1) is 17.2 Å². The number of fused-ring (bicyclic) bond motifs is 1. The zero-order valence-corrected chi connectivity index (χ0v) is 32.2. The van der Waals surface area contributed by atoms with E-state index in [1.54, 1.807) is 24.1 Å². The number of piperidine rings is 3. The van der Waals surface area contributed by atoms with E-state index < -0.39 is 23.7 Å². The van der Waals surface area contributed by atoms with Gasteiger partial charge in [0.05, 0.1) is 29.9 Å². The first-order valence-electron chi connectivity index (χ1n) is 20.0. The number of methoxy groups -OCH3 is 1. The van der Waals surface area contributed by atoms with E-state index in [0.717, 1.165) is 88.8 Å². The van der Waals surface area contributed by atoms with E-state index in [1.807, 2.05) is 11.0 Å². The molecule has 4 fully saturated rings. The summed E-state index contributed by atoms with van der Waals surface area (Å²) in [6, 6.07) is 17.9. The third kappa shape index (κ3) is 7.99. The normalized spacial score (nSPS) is 21.5. The molecule has 5 heterocycles. The largest absolute Gasteiger partial charge is 0.496 e. The molecule has 0 aromatic heterocycles. The number of carbonyl (C=O) groups excluding carboxylic acids is 3. The second kappa shape index (κ2) is 15.9. The molecule has 8 rings (SSSR count). The van der Waals surface area contributed by atoms with Crippen molar-refractivity contribution in [1.29, 1.82) is 5.26 Å². The van der Waals surface area contributed by atoms with Gasteiger partial charge in [0, 0.05) is 95.0 Å². The van der Waals surface area contributed by atoms with Crippen LogP contribution < -0.4 is 24.8 Å². The molecule has 300 valence electrons. The summed E-state index contributed by atoms with van der Waals surface area (Å²) < 4.78 is 46.3. The number of anilines is 3. The van der Waals surface area contributed by atoms with Crippen LogP contribution in [0.4, 0.5) is 30.2 Å². The Hall–Kier alpha value is -5.29. The molecule has 57 heavy (non-hydrogen) atoms. The summed E-state index contributed by atoms with van der Waals surface area (Å²) in [6.45, 7) is 8.36. The van der Waals surface area contributed by atoms with Crippen LogP contribution >= 0.6 is 0 Å². The number of nitrogens with one attached hydrogen (secondary N) is 1. The average Bonchev–Trinajstić information content (AvgIpc) is 3.56. The highest BCUT2D eigenvalue weighted by Gasteiger charge is 2.41. The van der Waals surface area contributed by atoms with Crippen LogP contribution in [0.25, 0.3) is 0 Å². The van der Waals surface area contributed by atoms with Gasteiger partial charge in [-0.25, -0.2) is 0 Å². The van der Waals surface area contributed by atoms with Crippen LogP contribution in [0.1, 0.15) is 77.1 Å². The zero-order chi connectivity index (χ0) is 39.8. The van der Waals surface area contributed by atoms with Crippen molar-refractivity contribution in [2.45, 2.75) is 63.2 Å². The number of alkyl halides is 3. The van der Waals surface area contributed by atoms with Crippen molar-refractivity contribution < 1.29 is 32.3 Å². The van der Waals surface area contributed by atoms with Crippen molar-refractivity contribution in [3.05, 3.63) is 82.4 Å². The molecule has 1 N–H and O–H groups in total. The van der Waals surface area contributed by atoms with Gasteiger partial charge in [0.2, 0.25) is 11.8 Å². The van der Waals surface area contributed by atoms with Gasteiger partial charge >= 0.3 is 6.18 Å². The van der Waals surface area contributed by atoms with Crippen LogP contribution in [0.3, 0.4) is 0 Å². The Labute approximate surface area is 330 Å². The van der Waals surface area contributed by atoms with E-state index in [9.17, 15) is 27.6 Å². The molecule has 0 bridgehead atoms. The Balaban J connectivity index is 0.792. The lowest BCUT2D eigenvalue weighted by Crippen LogP contribution is -2.52. The van der Waals surface area contributed by atoms with Crippen molar-refractivity contribution in [1.82, 2.24) is 15.1 Å². The van der Waals surface area contributed by atoms with Gasteiger partial charge in [-0.1, -0.05) is 12.1 Å². The summed E-state index contributed by atoms with van der Waals surface area (Å²) in [4.78, 5) is 48.6. The number of benzene rings is 3. The van der Waals surface area contributed by atoms with Crippen molar-refractivity contribution in [3.8, 4) is 11.8 Å². The van der Waals surface area contributed by atoms with Gasteiger partial charge in [-0.15, -0.1) is 0 Å². The molecule has 3 aromatic carbocycles. The van der Waals surface area contributed by atoms with E-state index in [4.69, 9.17) is 10.00 Å². The minimum absolute atomic E-state index is 0.216. The molecule has 0 saturated carbocycles. The van der Waals surface area contributed by atoms with Gasteiger partial charge in [-0.2, -0.15) is 18.4 Å². The Kier molecular flexibility index (Phi) is 10.8. The number of nitriles is 1. The van der Waals surface area contributed by atoms with Crippen molar-refractivity contribution in [2.24, 2.45) is 5.92 Å². The van der Waals surface area contributed by atoms with E-state index in [1.165, 1.54) is 17.3 Å². The van der Waals surface area contributed by atoms with Gasteiger partial charge in [-0.05, 0) is 91.5 Å². The van der Waals surface area contributed by atoms with Crippen molar-refractivity contribution in [3.63, 3.8) is 0 Å². The van der Waals surface area contributed by atoms with Gasteiger partial charge in [0.25, 0.3) is 5.91 Å². The maximum atomic E-state index is 13.5. The van der Waals surface area contributed by atoms with E-state index in [-0.39, 0.29) is 23.8 Å². The fraction of sp³-hybridized carbons (Fsp3) is 0.488. The molecule has 5 aliphatic heterocycles. The number of hydrogen-bond donors (Lipinski definition) is 1. The number of hydrogen-bond acceptors (Lipinski definition) is 9. The fourth-order valence-corrected chi connectivity index (χ4v) is 9.42. The standard InChI is InChI=1S/C43H48F3N7O4/c1-57-38-24-35(22-32-27-53(42(56)40(32)38)37-8-9-39(54)48-41(37)55)52-20-18-49(19-21-52)26-28-10-14-50(15-11-28)33-5-2-29(3-6-33)30-12-16-51(17-13-30)34-7-4-31(25-47)36(23-34)43(44,45)46/h2-7,22-24,28,30,37H,8-21,26-27H2,1H3,(H,48,54,55). The van der Waals surface area contributed by atoms with E-state index >= 15 is 0 Å². The molecule has 0 radical (unpaired) electrons. The maximum absolute atomic E-state index is 13.5. The lowest BCUT2D eigenvalue weighted by molar-refractivity contribution is -0.138. The zero-order valence-electron chi connectivity index (χ0n) is 32.2. The van der Waals surface area contributed by atoms with Crippen LogP contribution in [0.5, 0.6) is 5.75 Å². The molecule has 0 aliphatic carbocycles. The molecule has 1 unspecified atom stereocenters. The summed E-state index contributed by atoms with van der Waals surface area (Å²) in [5, 5.41) is 11.5. The molecule has 11 nitrogen and oxygen atoms in total. The molecular formula is C43H48F3N7O4. The van der Waals surface area contributed by atoms with Gasteiger partial charge < -0.3 is 24.3 Å². The number of imide groups is 1. The Morgan fingerprint density at radius 1 is 0.789 bits per heavy atom. The van der Waals surface area contributed by atoms with Crippen LogP contribution in [-0.2, 0) is 22.3 Å². The first-order valence-corrected chi connectivity index (χ1v) is 20.0. The second-order valence-electron chi connectivity index (χ2n) is 16.0. The van der Waals surface area contributed by atoms with Crippen LogP contribution in [-0.4, -0.2) is 99.6 Å². The first kappa shape index (κ1) is 38.6. The smallest absolute Gasteiger partial charge is 0.417 e. The highest BCUT2D eigenvalue weighted by atomic mass is 19.4. The number of piperazine rings is 1. The average molecular weight is 784 g/mol. The van der Waals surface area contributed by atoms with E-state index in [2.05, 4.69) is 50.3 Å². The number of halogens is 3. The number of ether oxygens (including phenoxy) is 1. The lowest BCUT2D eigenvalue weighted by Gasteiger charge is -2.40. The predicted molar refractivity (Wildman–Crippen MR) is 209 cm³/mol. The first-order chi connectivity index (χ1) is 27.5. The van der Waals surface area contributed by atoms with Crippen molar-refractivity contribution >= 4 is 34.8 Å². The molecule has 0 spiro atoms. The molecule has 1 atom stereocenters. The number of nitrogens with zero attached hydrogens (tertiary/aromatic N) is 6. The Morgan fingerprint density at radius 3 is 2.09 bits per heavy atom. The lowest BCUT2D eigenvalue weighted by atomic mass is 9.88. The molecule has 5 aliphatic rings. The minimum atomic E-state index is -4.56. The third-order valence-corrected chi connectivity index (χ3v) is 12.7. The Bertz CT molecular complexity index is 2040. The molecule has 4 saturated heterocycles. The highest BCUT2D eigenvalue weighted by molar-refractivity contribution is 6.06. The summed E-state index contributed by atoms with van der Waals surface area (Å²) in [5.74, 6) is 0.538. The van der Waals surface area contributed by atoms with E-state index in [0.29, 0.717) is 54.9 Å². The van der Waals surface area contributed by atoms with Crippen molar-refractivity contribution in [2.75, 3.05) is 80.7 Å². The van der Waals surface area contributed by atoms with Gasteiger partial charge in [0.1, 0.15) is 11.8 Å². The number of amides is 3. The number of rotatable bonds is 8. The third-order valence-electron chi connectivity index (χ3n) is 12.7. The fourth-order valence-electron chi connectivity index (χ4n) is 9.42. The topological polar surface area (TPSA) is 112 Å². The predicted octanol–water partition coefficient (Wildman–Crippen LogP) is 5.77. The quantitative estimate of drug-likeness (QED) is 0.285. The summed E-state index contributed by atoms with van der Waals surface area (Å²) >= 11 is 0. The molecular weight excluding hydrogens is 736 g/mol. The van der Waals surface area contributed by atoms with Crippen LogP contribution in [0.2, 0.25) is 0 Å². The summed E-state index contributed by atoms with van der Waals surface area (Å²) in [6.07, 6.45) is -0.0520. The SMILES string of the molecule is COc1cc(N2CCN(CC3CCN(c4ccc(C5CCN(c6ccc(C#N)c(C(F)(F)F)c6)CC5)cc4)CC3)CC2)cc2c1C(=O)N(C1CCC(=O)NC1=O)C2. The number of carbonyl (C=O) groups is 3. The molecule has 3 amide bonds. The minimum Gasteiger partial charge on any atom is -0.496 e. The molecule has 3 aromatic rings. The maximum Gasteiger partial charge on any atom is 0.417 e. The van der Waals surface area contributed by atoms with Gasteiger partial charge in [0.15, 0.2) is 0 Å². The summed E-state index contributed by atoms with van der Waals surface area (Å²) in [7, 11) is 1.57. The van der Waals surface area contributed by atoms with Crippen LogP contribution in [0.15, 0.2) is 54.6 Å².